The average molecular weight is 237 g/mol. The van der Waals surface area contributed by atoms with Gasteiger partial charge in [-0.3, -0.25) is 9.59 Å². The van der Waals surface area contributed by atoms with Gasteiger partial charge in [0.15, 0.2) is 0 Å². The molecule has 17 heavy (non-hydrogen) atoms. The Kier molecular flexibility index (Phi) is 2.83. The monoisotopic (exact) mass is 237 g/mol. The molecule has 1 aromatic rings. The molecule has 2 N–H and O–H groups in total. The molecule has 90 valence electrons. The quantitative estimate of drug-likeness (QED) is 0.790. The van der Waals surface area contributed by atoms with Crippen LogP contribution in [-0.4, -0.2) is 17.0 Å². The van der Waals surface area contributed by atoms with Crippen molar-refractivity contribution < 1.29 is 19.1 Å². The topological polar surface area (TPSA) is 66.4 Å². The molecule has 0 heterocycles. The second kappa shape index (κ2) is 4.16. The fourth-order valence-electron chi connectivity index (χ4n) is 1.89. The molecule has 0 atom stereocenters. The highest BCUT2D eigenvalue weighted by atomic mass is 19.1. The zero-order valence-corrected chi connectivity index (χ0v) is 9.07. The van der Waals surface area contributed by atoms with Gasteiger partial charge in [-0.1, -0.05) is 12.5 Å². The maximum Gasteiger partial charge on any atom is 0.319 e. The van der Waals surface area contributed by atoms with Crippen LogP contribution in [-0.2, 0) is 9.59 Å². The summed E-state index contributed by atoms with van der Waals surface area (Å²) in [6.07, 6.45) is 1.40. The molecule has 0 spiro atoms. The first kappa shape index (κ1) is 11.6. The molecule has 1 aliphatic carbocycles. The second-order valence-corrected chi connectivity index (χ2v) is 4.21. The molecule has 1 aliphatic rings. The summed E-state index contributed by atoms with van der Waals surface area (Å²) >= 11 is 0. The number of carbonyl (C=O) groups is 2. The van der Waals surface area contributed by atoms with E-state index in [4.69, 9.17) is 5.11 Å². The van der Waals surface area contributed by atoms with E-state index in [1.807, 2.05) is 0 Å². The summed E-state index contributed by atoms with van der Waals surface area (Å²) in [6.45, 7) is 0. The predicted octanol–water partition coefficient (Wildman–Crippen LogP) is 2.02. The summed E-state index contributed by atoms with van der Waals surface area (Å²) in [6, 6.07) is 5.40. The standard InChI is InChI=1S/C12H12FNO3/c13-8-3-1-4-9(7-8)14-10(15)12(11(16)17)5-2-6-12/h1,3-4,7H,2,5-6H2,(H,14,15)(H,16,17). The van der Waals surface area contributed by atoms with Crippen LogP contribution in [0.2, 0.25) is 0 Å². The third-order valence-electron chi connectivity index (χ3n) is 3.13. The van der Waals surface area contributed by atoms with Gasteiger partial charge in [-0.15, -0.1) is 0 Å². The fourth-order valence-corrected chi connectivity index (χ4v) is 1.89. The van der Waals surface area contributed by atoms with Crippen molar-refractivity contribution in [3.63, 3.8) is 0 Å². The SMILES string of the molecule is O=C(O)C1(C(=O)Nc2cccc(F)c2)CCC1. The molecular weight excluding hydrogens is 225 g/mol. The van der Waals surface area contributed by atoms with Gasteiger partial charge in [-0.2, -0.15) is 0 Å². The lowest BCUT2D eigenvalue weighted by atomic mass is 9.68. The molecule has 0 unspecified atom stereocenters. The molecule has 2 rings (SSSR count). The van der Waals surface area contributed by atoms with Crippen molar-refractivity contribution >= 4 is 17.6 Å². The Labute approximate surface area is 97.4 Å². The molecule has 0 aliphatic heterocycles. The van der Waals surface area contributed by atoms with Gasteiger partial charge < -0.3 is 10.4 Å². The second-order valence-electron chi connectivity index (χ2n) is 4.21. The summed E-state index contributed by atoms with van der Waals surface area (Å²) in [7, 11) is 0. The highest BCUT2D eigenvalue weighted by Crippen LogP contribution is 2.42. The van der Waals surface area contributed by atoms with Crippen molar-refractivity contribution in [2.45, 2.75) is 19.3 Å². The van der Waals surface area contributed by atoms with Crippen LogP contribution in [0.5, 0.6) is 0 Å². The highest BCUT2D eigenvalue weighted by Gasteiger charge is 2.51. The van der Waals surface area contributed by atoms with Gasteiger partial charge in [-0.25, -0.2) is 4.39 Å². The molecule has 1 fully saturated rings. The number of aliphatic carboxylic acids is 1. The van der Waals surface area contributed by atoms with Gasteiger partial charge >= 0.3 is 5.97 Å². The van der Waals surface area contributed by atoms with Crippen LogP contribution in [0.3, 0.4) is 0 Å². The van der Waals surface area contributed by atoms with Crippen molar-refractivity contribution in [2.24, 2.45) is 5.41 Å². The summed E-state index contributed by atoms with van der Waals surface area (Å²) in [4.78, 5) is 22.9. The number of hydrogen-bond donors (Lipinski definition) is 2. The van der Waals surface area contributed by atoms with Gasteiger partial charge in [0, 0.05) is 5.69 Å². The third-order valence-corrected chi connectivity index (χ3v) is 3.13. The van der Waals surface area contributed by atoms with Crippen LogP contribution >= 0.6 is 0 Å². The molecule has 4 nitrogen and oxygen atoms in total. The molecule has 0 saturated heterocycles. The van der Waals surface area contributed by atoms with E-state index in [1.165, 1.54) is 18.2 Å². The lowest BCUT2D eigenvalue weighted by molar-refractivity contribution is -0.159. The largest absolute Gasteiger partial charge is 0.480 e. The van der Waals surface area contributed by atoms with Crippen molar-refractivity contribution in [1.82, 2.24) is 0 Å². The van der Waals surface area contributed by atoms with Crippen LogP contribution in [0.15, 0.2) is 24.3 Å². The van der Waals surface area contributed by atoms with Crippen LogP contribution < -0.4 is 5.32 Å². The van der Waals surface area contributed by atoms with Crippen LogP contribution in [0, 0.1) is 11.2 Å². The first-order valence-corrected chi connectivity index (χ1v) is 5.35. The Morgan fingerprint density at radius 3 is 2.53 bits per heavy atom. The molecular formula is C12H12FNO3. The number of carboxylic acid groups (broad SMARTS) is 1. The Bertz CT molecular complexity index is 469. The van der Waals surface area contributed by atoms with E-state index in [0.717, 1.165) is 12.5 Å². The zero-order chi connectivity index (χ0) is 12.5. The van der Waals surface area contributed by atoms with E-state index in [0.29, 0.717) is 12.8 Å². The Hall–Kier alpha value is -1.91. The minimum Gasteiger partial charge on any atom is -0.480 e. The highest BCUT2D eigenvalue weighted by molar-refractivity contribution is 6.09. The Balaban J connectivity index is 2.14. The smallest absolute Gasteiger partial charge is 0.319 e. The molecule has 1 amide bonds. The Morgan fingerprint density at radius 2 is 2.06 bits per heavy atom. The van der Waals surface area contributed by atoms with E-state index in [-0.39, 0.29) is 5.69 Å². The predicted molar refractivity (Wildman–Crippen MR) is 58.9 cm³/mol. The zero-order valence-electron chi connectivity index (χ0n) is 9.07. The summed E-state index contributed by atoms with van der Waals surface area (Å²) in [5.41, 5.74) is -1.05. The van der Waals surface area contributed by atoms with Crippen molar-refractivity contribution in [3.8, 4) is 0 Å². The molecule has 0 bridgehead atoms. The third kappa shape index (κ3) is 2.00. The number of amides is 1. The lowest BCUT2D eigenvalue weighted by Crippen LogP contribution is -2.48. The van der Waals surface area contributed by atoms with E-state index in [9.17, 15) is 14.0 Å². The number of anilines is 1. The first-order valence-electron chi connectivity index (χ1n) is 5.35. The van der Waals surface area contributed by atoms with E-state index in [1.54, 1.807) is 0 Å². The van der Waals surface area contributed by atoms with Crippen LogP contribution in [0.4, 0.5) is 10.1 Å². The van der Waals surface area contributed by atoms with Crippen molar-refractivity contribution in [1.29, 1.82) is 0 Å². The number of hydrogen-bond acceptors (Lipinski definition) is 2. The maximum atomic E-state index is 12.9. The summed E-state index contributed by atoms with van der Waals surface area (Å²) < 4.78 is 12.9. The number of benzene rings is 1. The number of carboxylic acids is 1. The van der Waals surface area contributed by atoms with Gasteiger partial charge in [0.1, 0.15) is 11.2 Å². The minimum atomic E-state index is -1.33. The first-order chi connectivity index (χ1) is 8.04. The van der Waals surface area contributed by atoms with Gasteiger partial charge in [0.05, 0.1) is 0 Å². The molecule has 5 heteroatoms. The maximum absolute atomic E-state index is 12.9. The van der Waals surface area contributed by atoms with E-state index < -0.39 is 23.1 Å². The number of rotatable bonds is 3. The van der Waals surface area contributed by atoms with Crippen molar-refractivity contribution in [2.75, 3.05) is 5.32 Å². The van der Waals surface area contributed by atoms with Crippen LogP contribution in [0.25, 0.3) is 0 Å². The number of halogens is 1. The van der Waals surface area contributed by atoms with Crippen molar-refractivity contribution in [3.05, 3.63) is 30.1 Å². The normalized spacial score (nSPS) is 17.0. The van der Waals surface area contributed by atoms with Gasteiger partial charge in [-0.05, 0) is 31.0 Å². The number of nitrogens with one attached hydrogen (secondary N) is 1. The molecule has 0 aromatic heterocycles. The molecule has 1 saturated carbocycles. The minimum absolute atomic E-state index is 0.280. The summed E-state index contributed by atoms with van der Waals surface area (Å²) in [5, 5.41) is 11.5. The molecule has 0 radical (unpaired) electrons. The summed E-state index contributed by atoms with van der Waals surface area (Å²) in [5.74, 6) is -2.15. The van der Waals surface area contributed by atoms with Gasteiger partial charge in [0.2, 0.25) is 5.91 Å². The average Bonchev–Trinajstić information content (AvgIpc) is 2.14. The lowest BCUT2D eigenvalue weighted by Gasteiger charge is -2.35. The Morgan fingerprint density at radius 1 is 1.35 bits per heavy atom. The van der Waals surface area contributed by atoms with E-state index >= 15 is 0 Å². The number of carbonyl (C=O) groups excluding carboxylic acids is 1. The van der Waals surface area contributed by atoms with Crippen LogP contribution in [0.1, 0.15) is 19.3 Å². The van der Waals surface area contributed by atoms with Gasteiger partial charge in [0.25, 0.3) is 0 Å². The van der Waals surface area contributed by atoms with E-state index in [2.05, 4.69) is 5.32 Å². The molecule has 1 aromatic carbocycles. The fraction of sp³-hybridized carbons (Fsp3) is 0.333.